The molecule has 0 radical (unpaired) electrons. The van der Waals surface area contributed by atoms with Gasteiger partial charge in [0.15, 0.2) is 0 Å². The number of aryl methyl sites for hydroxylation is 1. The number of hydrogen-bond acceptors (Lipinski definition) is 5. The van der Waals surface area contributed by atoms with Crippen LogP contribution < -0.4 is 4.18 Å². The van der Waals surface area contributed by atoms with Gasteiger partial charge in [-0.3, -0.25) is 0 Å². The molecule has 1 rings (SSSR count). The molecule has 0 aliphatic carbocycles. The van der Waals surface area contributed by atoms with Gasteiger partial charge in [0.05, 0.1) is 6.26 Å². The van der Waals surface area contributed by atoms with Gasteiger partial charge >= 0.3 is 10.1 Å². The lowest BCUT2D eigenvalue weighted by Gasteiger charge is -2.01. The SMILES string of the molecule is CCc1nccc(OS(C)(=O)=O)n1. The van der Waals surface area contributed by atoms with Crippen molar-refractivity contribution < 1.29 is 12.6 Å². The van der Waals surface area contributed by atoms with Crippen LogP contribution in [0.15, 0.2) is 12.3 Å². The average Bonchev–Trinajstić information content (AvgIpc) is 2.01. The Labute approximate surface area is 76.9 Å². The molecule has 6 heteroatoms. The first-order valence-corrected chi connectivity index (χ1v) is 5.54. The summed E-state index contributed by atoms with van der Waals surface area (Å²) in [4.78, 5) is 7.77. The lowest BCUT2D eigenvalue weighted by Crippen LogP contribution is -2.08. The first-order chi connectivity index (χ1) is 6.01. The lowest BCUT2D eigenvalue weighted by molar-refractivity contribution is 0.480. The molecule has 72 valence electrons. The molecule has 13 heavy (non-hydrogen) atoms. The van der Waals surface area contributed by atoms with Crippen molar-refractivity contribution in [2.45, 2.75) is 13.3 Å². The minimum absolute atomic E-state index is 0.0642. The third-order valence-electron chi connectivity index (χ3n) is 1.23. The molecule has 0 atom stereocenters. The molecule has 0 saturated heterocycles. The van der Waals surface area contributed by atoms with E-state index in [0.717, 1.165) is 6.26 Å². The van der Waals surface area contributed by atoms with E-state index >= 15 is 0 Å². The smallest absolute Gasteiger partial charge is 0.307 e. The molecule has 0 unspecified atom stereocenters. The fourth-order valence-corrected chi connectivity index (χ4v) is 1.16. The first-order valence-electron chi connectivity index (χ1n) is 3.72. The summed E-state index contributed by atoms with van der Waals surface area (Å²) in [5, 5.41) is 0. The highest BCUT2D eigenvalue weighted by atomic mass is 32.2. The van der Waals surface area contributed by atoms with Gasteiger partial charge in [-0.1, -0.05) is 6.92 Å². The van der Waals surface area contributed by atoms with Crippen LogP contribution in [0.25, 0.3) is 0 Å². The maximum absolute atomic E-state index is 10.7. The molecule has 0 fully saturated rings. The van der Waals surface area contributed by atoms with Gasteiger partial charge in [0, 0.05) is 18.7 Å². The molecule has 0 aromatic carbocycles. The summed E-state index contributed by atoms with van der Waals surface area (Å²) in [6.07, 6.45) is 3.08. The lowest BCUT2D eigenvalue weighted by atomic mass is 10.4. The van der Waals surface area contributed by atoms with Gasteiger partial charge in [-0.2, -0.15) is 13.4 Å². The van der Waals surface area contributed by atoms with E-state index in [2.05, 4.69) is 14.2 Å². The van der Waals surface area contributed by atoms with Crippen LogP contribution in [0, 0.1) is 0 Å². The Morgan fingerprint density at radius 2 is 2.23 bits per heavy atom. The normalized spacial score (nSPS) is 11.2. The van der Waals surface area contributed by atoms with E-state index in [0.29, 0.717) is 12.2 Å². The van der Waals surface area contributed by atoms with Crippen LogP contribution in [0.1, 0.15) is 12.7 Å². The maximum Gasteiger partial charge on any atom is 0.307 e. The van der Waals surface area contributed by atoms with Crippen LogP contribution in [0.3, 0.4) is 0 Å². The summed E-state index contributed by atoms with van der Waals surface area (Å²) in [5.74, 6) is 0.621. The second kappa shape index (κ2) is 3.69. The molecule has 5 nitrogen and oxygen atoms in total. The summed E-state index contributed by atoms with van der Waals surface area (Å²) in [6.45, 7) is 1.87. The molecule has 1 aromatic heterocycles. The van der Waals surface area contributed by atoms with Gasteiger partial charge < -0.3 is 4.18 Å². The van der Waals surface area contributed by atoms with Crippen molar-refractivity contribution in [1.29, 1.82) is 0 Å². The van der Waals surface area contributed by atoms with Crippen molar-refractivity contribution >= 4 is 10.1 Å². The van der Waals surface area contributed by atoms with Gasteiger partial charge in [0.2, 0.25) is 5.88 Å². The van der Waals surface area contributed by atoms with Crippen LogP contribution in [0.2, 0.25) is 0 Å². The second-order valence-corrected chi connectivity index (χ2v) is 4.03. The Morgan fingerprint density at radius 3 is 2.77 bits per heavy atom. The zero-order valence-electron chi connectivity index (χ0n) is 7.39. The van der Waals surface area contributed by atoms with E-state index in [4.69, 9.17) is 0 Å². The van der Waals surface area contributed by atoms with Gasteiger partial charge in [-0.05, 0) is 0 Å². The minimum atomic E-state index is -3.49. The van der Waals surface area contributed by atoms with Crippen molar-refractivity contribution in [2.75, 3.05) is 6.26 Å². The molecule has 0 aliphatic heterocycles. The highest BCUT2D eigenvalue weighted by molar-refractivity contribution is 7.86. The van der Waals surface area contributed by atoms with Crippen LogP contribution in [0.5, 0.6) is 5.88 Å². The Hall–Kier alpha value is -1.17. The van der Waals surface area contributed by atoms with Gasteiger partial charge in [0.25, 0.3) is 0 Å². The van der Waals surface area contributed by atoms with Crippen molar-refractivity contribution in [1.82, 2.24) is 9.97 Å². The predicted molar refractivity (Wildman–Crippen MR) is 46.9 cm³/mol. The third-order valence-corrected chi connectivity index (χ3v) is 1.71. The molecule has 1 heterocycles. The monoisotopic (exact) mass is 202 g/mol. The van der Waals surface area contributed by atoms with Gasteiger partial charge in [-0.25, -0.2) is 4.98 Å². The number of aromatic nitrogens is 2. The Bertz CT molecular complexity index is 388. The highest BCUT2D eigenvalue weighted by Gasteiger charge is 2.05. The van der Waals surface area contributed by atoms with Gasteiger partial charge in [-0.15, -0.1) is 0 Å². The van der Waals surface area contributed by atoms with E-state index in [1.54, 1.807) is 0 Å². The molecular formula is C7H10N2O3S. The van der Waals surface area contributed by atoms with Crippen molar-refractivity contribution in [3.05, 3.63) is 18.1 Å². The molecule has 0 spiro atoms. The maximum atomic E-state index is 10.7. The first kappa shape index (κ1) is 9.91. The summed E-state index contributed by atoms with van der Waals surface area (Å²) < 4.78 is 26.0. The molecule has 0 aliphatic rings. The molecule has 0 amide bonds. The summed E-state index contributed by atoms with van der Waals surface area (Å²) in [7, 11) is -3.49. The highest BCUT2D eigenvalue weighted by Crippen LogP contribution is 2.07. The van der Waals surface area contributed by atoms with Crippen molar-refractivity contribution in [3.63, 3.8) is 0 Å². The quantitative estimate of drug-likeness (QED) is 0.663. The van der Waals surface area contributed by atoms with Crippen molar-refractivity contribution in [3.8, 4) is 5.88 Å². The largest absolute Gasteiger partial charge is 0.362 e. The van der Waals surface area contributed by atoms with E-state index in [-0.39, 0.29) is 5.88 Å². The predicted octanol–water partition coefficient (Wildman–Crippen LogP) is 0.377. The number of nitrogens with zero attached hydrogens (tertiary/aromatic N) is 2. The van der Waals surface area contributed by atoms with Gasteiger partial charge in [0.1, 0.15) is 5.82 Å². The Balaban J connectivity index is 2.90. The number of rotatable bonds is 3. The van der Waals surface area contributed by atoms with E-state index < -0.39 is 10.1 Å². The van der Waals surface area contributed by atoms with Crippen molar-refractivity contribution in [2.24, 2.45) is 0 Å². The Kier molecular flexibility index (Phi) is 2.82. The molecule has 1 aromatic rings. The van der Waals surface area contributed by atoms with Crippen LogP contribution in [0.4, 0.5) is 0 Å². The van der Waals surface area contributed by atoms with E-state index in [1.807, 2.05) is 6.92 Å². The van der Waals surface area contributed by atoms with E-state index in [1.165, 1.54) is 12.3 Å². The van der Waals surface area contributed by atoms with E-state index in [9.17, 15) is 8.42 Å². The fraction of sp³-hybridized carbons (Fsp3) is 0.429. The summed E-state index contributed by atoms with van der Waals surface area (Å²) in [6, 6.07) is 1.40. The fourth-order valence-electron chi connectivity index (χ4n) is 0.752. The topological polar surface area (TPSA) is 69.2 Å². The molecule has 0 bridgehead atoms. The number of hydrogen-bond donors (Lipinski definition) is 0. The average molecular weight is 202 g/mol. The molecule has 0 N–H and O–H groups in total. The second-order valence-electron chi connectivity index (χ2n) is 2.45. The summed E-state index contributed by atoms with van der Waals surface area (Å²) >= 11 is 0. The zero-order chi connectivity index (χ0) is 9.90. The van der Waals surface area contributed by atoms with Crippen LogP contribution >= 0.6 is 0 Å². The van der Waals surface area contributed by atoms with Crippen LogP contribution in [-0.4, -0.2) is 24.6 Å². The standard InChI is InChI=1S/C7H10N2O3S/c1-3-6-8-5-4-7(9-6)12-13(2,10)11/h4-5H,3H2,1-2H3. The Morgan fingerprint density at radius 1 is 1.54 bits per heavy atom. The van der Waals surface area contributed by atoms with Crippen LogP contribution in [-0.2, 0) is 16.5 Å². The molecular weight excluding hydrogens is 192 g/mol. The molecule has 0 saturated carbocycles. The third kappa shape index (κ3) is 3.37. The zero-order valence-corrected chi connectivity index (χ0v) is 8.21. The summed E-state index contributed by atoms with van der Waals surface area (Å²) in [5.41, 5.74) is 0. The minimum Gasteiger partial charge on any atom is -0.362 e.